The maximum Gasteiger partial charge on any atom is 0.367 e. The van der Waals surface area contributed by atoms with Crippen molar-refractivity contribution in [3.05, 3.63) is 63.6 Å². The van der Waals surface area contributed by atoms with Gasteiger partial charge in [0, 0.05) is 22.5 Å². The summed E-state index contributed by atoms with van der Waals surface area (Å²) in [5.41, 5.74) is 1.56. The van der Waals surface area contributed by atoms with Gasteiger partial charge in [-0.2, -0.15) is 0 Å². The molecule has 0 heterocycles. The molecule has 34 heavy (non-hydrogen) atoms. The molecule has 180 valence electrons. The Morgan fingerprint density at radius 1 is 1.03 bits per heavy atom. The van der Waals surface area contributed by atoms with Gasteiger partial charge in [-0.25, -0.2) is 4.79 Å². The molecule has 2 unspecified atom stereocenters. The second-order valence-electron chi connectivity index (χ2n) is 10.5. The molecule has 4 rings (SSSR count). The maximum absolute atomic E-state index is 13.6. The number of benzene rings is 2. The van der Waals surface area contributed by atoms with Crippen LogP contribution in [0, 0.1) is 16.2 Å². The fraction of sp³-hybridized carbons (Fsp3) is 0.444. The number of hydrogen-bond donors (Lipinski definition) is 1. The quantitative estimate of drug-likeness (QED) is 0.341. The van der Waals surface area contributed by atoms with Crippen LogP contribution in [0.1, 0.15) is 75.7 Å². The zero-order chi connectivity index (χ0) is 24.9. The molecule has 1 N–H and O–H groups in total. The number of oxime groups is 1. The van der Waals surface area contributed by atoms with Crippen LogP contribution in [0.4, 0.5) is 5.69 Å². The van der Waals surface area contributed by atoms with Crippen LogP contribution in [0.2, 0.25) is 10.0 Å². The molecule has 0 aromatic heterocycles. The van der Waals surface area contributed by atoms with E-state index in [-0.39, 0.29) is 27.3 Å². The minimum absolute atomic E-state index is 0.0178. The van der Waals surface area contributed by atoms with Gasteiger partial charge in [0.2, 0.25) is 5.91 Å². The van der Waals surface area contributed by atoms with E-state index in [1.807, 2.05) is 24.3 Å². The van der Waals surface area contributed by atoms with Gasteiger partial charge in [0.15, 0.2) is 0 Å². The molecular weight excluding hydrogens is 471 g/mol. The van der Waals surface area contributed by atoms with Crippen LogP contribution in [0.25, 0.3) is 0 Å². The van der Waals surface area contributed by atoms with Crippen molar-refractivity contribution in [1.82, 2.24) is 0 Å². The summed E-state index contributed by atoms with van der Waals surface area (Å²) in [5.74, 6) is -0.241. The minimum Gasteiger partial charge on any atom is -0.326 e. The molecule has 2 saturated carbocycles. The number of halogens is 2. The zero-order valence-electron chi connectivity index (χ0n) is 20.2. The topological polar surface area (TPSA) is 67.8 Å². The number of fused-ring (bicyclic) bond motifs is 2. The SMILES string of the molecule is CC(C)c1ccc(NC(=O)C23CCC(C)(/C(=N\OC(=O)c4ccc(Cl)cc4Cl)C2)C3(C)C)cc1. The molecule has 0 spiro atoms. The maximum atomic E-state index is 13.6. The van der Waals surface area contributed by atoms with Crippen LogP contribution in [0.3, 0.4) is 0 Å². The summed E-state index contributed by atoms with van der Waals surface area (Å²) < 4.78 is 0. The molecule has 5 nitrogen and oxygen atoms in total. The number of rotatable bonds is 5. The smallest absolute Gasteiger partial charge is 0.326 e. The molecule has 2 atom stereocenters. The Morgan fingerprint density at radius 3 is 2.32 bits per heavy atom. The molecular formula is C27H30Cl2N2O3. The first-order valence-electron chi connectivity index (χ1n) is 11.6. The van der Waals surface area contributed by atoms with Gasteiger partial charge in [-0.3, -0.25) is 4.79 Å². The van der Waals surface area contributed by atoms with E-state index in [0.29, 0.717) is 17.4 Å². The van der Waals surface area contributed by atoms with E-state index in [1.54, 1.807) is 6.07 Å². The van der Waals surface area contributed by atoms with Crippen molar-refractivity contribution in [2.75, 3.05) is 5.32 Å². The van der Waals surface area contributed by atoms with E-state index in [2.05, 4.69) is 45.1 Å². The van der Waals surface area contributed by atoms with Gasteiger partial charge in [-0.15, -0.1) is 0 Å². The fourth-order valence-electron chi connectivity index (χ4n) is 5.53. The van der Waals surface area contributed by atoms with Gasteiger partial charge in [0.1, 0.15) is 0 Å². The van der Waals surface area contributed by atoms with Gasteiger partial charge >= 0.3 is 5.97 Å². The molecule has 2 fully saturated rings. The van der Waals surface area contributed by atoms with Crippen LogP contribution < -0.4 is 5.32 Å². The lowest BCUT2D eigenvalue weighted by molar-refractivity contribution is -0.130. The largest absolute Gasteiger partial charge is 0.367 e. The van der Waals surface area contributed by atoms with Gasteiger partial charge in [0.05, 0.1) is 21.7 Å². The Hall–Kier alpha value is -2.37. The number of nitrogens with zero attached hydrogens (tertiary/aromatic N) is 1. The van der Waals surface area contributed by atoms with Crippen molar-refractivity contribution < 1.29 is 14.4 Å². The summed E-state index contributed by atoms with van der Waals surface area (Å²) >= 11 is 12.1. The summed E-state index contributed by atoms with van der Waals surface area (Å²) in [5, 5.41) is 8.05. The van der Waals surface area contributed by atoms with Crippen molar-refractivity contribution in [2.24, 2.45) is 21.4 Å². The zero-order valence-corrected chi connectivity index (χ0v) is 21.7. The molecule has 2 aliphatic carbocycles. The van der Waals surface area contributed by atoms with E-state index < -0.39 is 11.4 Å². The normalized spacial score (nSPS) is 26.2. The molecule has 0 aliphatic heterocycles. The second kappa shape index (κ2) is 8.69. The van der Waals surface area contributed by atoms with Crippen LogP contribution in [-0.2, 0) is 9.63 Å². The van der Waals surface area contributed by atoms with Crippen LogP contribution in [0.15, 0.2) is 47.6 Å². The highest BCUT2D eigenvalue weighted by molar-refractivity contribution is 6.36. The monoisotopic (exact) mass is 500 g/mol. The Labute approximate surface area is 210 Å². The average Bonchev–Trinajstić information content (AvgIpc) is 3.08. The highest BCUT2D eigenvalue weighted by Crippen LogP contribution is 2.71. The second-order valence-corrected chi connectivity index (χ2v) is 11.3. The summed E-state index contributed by atoms with van der Waals surface area (Å²) in [7, 11) is 0. The standard InChI is InChI=1S/C27H30Cl2N2O3/c1-16(2)17-6-9-19(10-7-17)30-24(33)27-13-12-26(5,25(27,3)4)22(15-27)31-34-23(32)20-11-8-18(28)14-21(20)29/h6-11,14,16H,12-13,15H2,1-5H3,(H,30,33)/b31-22-. The van der Waals surface area contributed by atoms with Crippen molar-refractivity contribution in [2.45, 2.75) is 59.8 Å². The molecule has 1 amide bonds. The molecule has 7 heteroatoms. The van der Waals surface area contributed by atoms with E-state index >= 15 is 0 Å². The van der Waals surface area contributed by atoms with Crippen LogP contribution in [0.5, 0.6) is 0 Å². The molecule has 2 bridgehead atoms. The van der Waals surface area contributed by atoms with Gasteiger partial charge in [-0.05, 0) is 60.1 Å². The third-order valence-electron chi connectivity index (χ3n) is 8.39. The highest BCUT2D eigenvalue weighted by Gasteiger charge is 2.71. The molecule has 0 radical (unpaired) electrons. The lowest BCUT2D eigenvalue weighted by atomic mass is 9.64. The third-order valence-corrected chi connectivity index (χ3v) is 8.94. The number of hydrogen-bond acceptors (Lipinski definition) is 4. The fourth-order valence-corrected chi connectivity index (χ4v) is 6.01. The number of nitrogens with one attached hydrogen (secondary N) is 1. The van der Waals surface area contributed by atoms with E-state index in [0.717, 1.165) is 24.2 Å². The molecule has 2 aromatic carbocycles. The first kappa shape index (κ1) is 24.7. The van der Waals surface area contributed by atoms with Crippen LogP contribution in [-0.4, -0.2) is 17.6 Å². The summed E-state index contributed by atoms with van der Waals surface area (Å²) in [6.07, 6.45) is 1.98. The van der Waals surface area contributed by atoms with Gasteiger partial charge in [-0.1, -0.05) is 75.1 Å². The minimum atomic E-state index is -0.651. The highest BCUT2D eigenvalue weighted by atomic mass is 35.5. The summed E-state index contributed by atoms with van der Waals surface area (Å²) in [6, 6.07) is 12.6. The number of carbonyl (C=O) groups is 2. The lowest BCUT2D eigenvalue weighted by Gasteiger charge is -2.39. The first-order chi connectivity index (χ1) is 15.9. The molecule has 2 aromatic rings. The van der Waals surface area contributed by atoms with Crippen molar-refractivity contribution in [3.63, 3.8) is 0 Å². The predicted octanol–water partition coefficient (Wildman–Crippen LogP) is 7.48. The average molecular weight is 501 g/mol. The van der Waals surface area contributed by atoms with Gasteiger partial charge < -0.3 is 10.2 Å². The van der Waals surface area contributed by atoms with Crippen LogP contribution >= 0.6 is 23.2 Å². The summed E-state index contributed by atoms with van der Waals surface area (Å²) in [4.78, 5) is 31.6. The Balaban J connectivity index is 1.56. The lowest BCUT2D eigenvalue weighted by Crippen LogP contribution is -2.43. The number of anilines is 1. The van der Waals surface area contributed by atoms with Crippen molar-refractivity contribution >= 4 is 46.5 Å². The van der Waals surface area contributed by atoms with E-state index in [9.17, 15) is 9.59 Å². The van der Waals surface area contributed by atoms with E-state index in [4.69, 9.17) is 28.0 Å². The number of amides is 1. The Kier molecular flexibility index (Phi) is 6.32. The van der Waals surface area contributed by atoms with Crippen molar-refractivity contribution in [1.29, 1.82) is 0 Å². The Morgan fingerprint density at radius 2 is 1.71 bits per heavy atom. The summed E-state index contributed by atoms with van der Waals surface area (Å²) in [6.45, 7) is 10.6. The van der Waals surface area contributed by atoms with E-state index in [1.165, 1.54) is 17.7 Å². The third kappa shape index (κ3) is 3.83. The van der Waals surface area contributed by atoms with Gasteiger partial charge in [0.25, 0.3) is 0 Å². The number of carbonyl (C=O) groups excluding carboxylic acids is 2. The van der Waals surface area contributed by atoms with Crippen molar-refractivity contribution in [3.8, 4) is 0 Å². The Bertz CT molecular complexity index is 1170. The first-order valence-corrected chi connectivity index (χ1v) is 12.3. The molecule has 0 saturated heterocycles. The molecule has 2 aliphatic rings. The predicted molar refractivity (Wildman–Crippen MR) is 137 cm³/mol.